The van der Waals surface area contributed by atoms with Gasteiger partial charge in [-0.05, 0) is 23.3 Å². The summed E-state index contributed by atoms with van der Waals surface area (Å²) in [5.41, 5.74) is -0.801. The summed E-state index contributed by atoms with van der Waals surface area (Å²) in [7, 11) is 7.78. The summed E-state index contributed by atoms with van der Waals surface area (Å²) in [4.78, 5) is 13.5. The summed E-state index contributed by atoms with van der Waals surface area (Å²) in [6, 6.07) is 20.5. The third-order valence-electron chi connectivity index (χ3n) is 7.79. The highest BCUT2D eigenvalue weighted by molar-refractivity contribution is 5.83. The second kappa shape index (κ2) is 9.28. The number of nitrogens with one attached hydrogen (secondary N) is 1. The largest absolute Gasteiger partial charge is 0.497 e. The van der Waals surface area contributed by atoms with E-state index in [4.69, 9.17) is 23.7 Å². The minimum absolute atomic E-state index is 0.322. The molecule has 3 aromatic carbocycles. The van der Waals surface area contributed by atoms with Gasteiger partial charge >= 0.3 is 0 Å². The number of rotatable bonds is 7. The number of amides is 1. The molecule has 5 unspecified atom stereocenters. The molecule has 1 heterocycles. The highest BCUT2D eigenvalue weighted by Crippen LogP contribution is 2.71. The van der Waals surface area contributed by atoms with Crippen molar-refractivity contribution in [1.82, 2.24) is 5.32 Å². The van der Waals surface area contributed by atoms with Crippen molar-refractivity contribution >= 4 is 5.91 Å². The fraction of sp³-hybridized carbons (Fsp3) is 0.345. The Labute approximate surface area is 216 Å². The predicted molar refractivity (Wildman–Crippen MR) is 136 cm³/mol. The Morgan fingerprint density at radius 1 is 0.919 bits per heavy atom. The minimum Gasteiger partial charge on any atom is -0.497 e. The van der Waals surface area contributed by atoms with E-state index in [-0.39, 0.29) is 5.91 Å². The molecule has 8 nitrogen and oxygen atoms in total. The number of aliphatic hydroxyl groups is 1. The number of benzene rings is 3. The van der Waals surface area contributed by atoms with Gasteiger partial charge in [0.25, 0.3) is 0 Å². The Kier molecular flexibility index (Phi) is 6.25. The lowest BCUT2D eigenvalue weighted by molar-refractivity contribution is -0.173. The first-order valence-electron chi connectivity index (χ1n) is 12.0. The lowest BCUT2D eigenvalue weighted by Gasteiger charge is -2.43. The van der Waals surface area contributed by atoms with Crippen molar-refractivity contribution < 1.29 is 33.6 Å². The molecule has 0 spiro atoms. The maximum Gasteiger partial charge on any atom is 0.226 e. The molecule has 0 bridgehead atoms. The van der Waals surface area contributed by atoms with Gasteiger partial charge in [0.1, 0.15) is 29.1 Å². The second-order valence-corrected chi connectivity index (χ2v) is 9.18. The quantitative estimate of drug-likeness (QED) is 0.508. The van der Waals surface area contributed by atoms with Crippen LogP contribution in [0.2, 0.25) is 0 Å². The summed E-state index contributed by atoms with van der Waals surface area (Å²) < 4.78 is 30.0. The lowest BCUT2D eigenvalue weighted by Crippen LogP contribution is -2.53. The first-order chi connectivity index (χ1) is 17.9. The van der Waals surface area contributed by atoms with Crippen LogP contribution in [0.5, 0.6) is 23.0 Å². The zero-order valence-electron chi connectivity index (χ0n) is 21.5. The van der Waals surface area contributed by atoms with Crippen molar-refractivity contribution in [3.8, 4) is 23.0 Å². The lowest BCUT2D eigenvalue weighted by atomic mass is 9.70. The smallest absolute Gasteiger partial charge is 0.226 e. The predicted octanol–water partition coefficient (Wildman–Crippen LogP) is 3.36. The molecule has 1 saturated carbocycles. The van der Waals surface area contributed by atoms with Gasteiger partial charge in [-0.2, -0.15) is 0 Å². The van der Waals surface area contributed by atoms with Gasteiger partial charge in [-0.1, -0.05) is 42.5 Å². The van der Waals surface area contributed by atoms with Gasteiger partial charge in [-0.15, -0.1) is 0 Å². The molecule has 0 saturated heterocycles. The highest BCUT2D eigenvalue weighted by atomic mass is 16.6. The van der Waals surface area contributed by atoms with Crippen molar-refractivity contribution in [2.75, 3.05) is 35.5 Å². The van der Waals surface area contributed by atoms with Crippen LogP contribution in [-0.2, 0) is 20.7 Å². The average Bonchev–Trinajstić information content (AvgIpc) is 3.37. The second-order valence-electron chi connectivity index (χ2n) is 9.18. The van der Waals surface area contributed by atoms with Crippen LogP contribution < -0.4 is 24.3 Å². The van der Waals surface area contributed by atoms with Gasteiger partial charge in [-0.3, -0.25) is 4.79 Å². The third-order valence-corrected chi connectivity index (χ3v) is 7.79. The first-order valence-corrected chi connectivity index (χ1v) is 12.0. The summed E-state index contributed by atoms with van der Waals surface area (Å²) in [6.45, 7) is 0. The van der Waals surface area contributed by atoms with Gasteiger partial charge in [0.2, 0.25) is 5.91 Å². The molecule has 0 aromatic heterocycles. The first kappa shape index (κ1) is 24.9. The molecular weight excluding hydrogens is 474 g/mol. The number of ether oxygens (including phenoxy) is 5. The van der Waals surface area contributed by atoms with Crippen molar-refractivity contribution in [3.05, 3.63) is 83.4 Å². The molecule has 1 aliphatic carbocycles. The molecule has 5 atom stereocenters. The van der Waals surface area contributed by atoms with Crippen molar-refractivity contribution in [3.63, 3.8) is 0 Å². The summed E-state index contributed by atoms with van der Waals surface area (Å²) >= 11 is 0. The topological polar surface area (TPSA) is 95.5 Å². The van der Waals surface area contributed by atoms with E-state index >= 15 is 0 Å². The zero-order chi connectivity index (χ0) is 26.4. The number of hydrogen-bond acceptors (Lipinski definition) is 7. The van der Waals surface area contributed by atoms with Gasteiger partial charge < -0.3 is 34.1 Å². The number of hydrogen-bond donors (Lipinski definition) is 2. The van der Waals surface area contributed by atoms with Crippen LogP contribution in [-0.4, -0.2) is 52.6 Å². The Balaban J connectivity index is 1.91. The van der Waals surface area contributed by atoms with Crippen LogP contribution in [0.25, 0.3) is 0 Å². The number of carbonyl (C=O) groups is 1. The van der Waals surface area contributed by atoms with Crippen molar-refractivity contribution in [2.24, 2.45) is 5.92 Å². The van der Waals surface area contributed by atoms with Crippen LogP contribution in [0.4, 0.5) is 0 Å². The molecule has 8 heteroatoms. The molecule has 37 heavy (non-hydrogen) atoms. The monoisotopic (exact) mass is 505 g/mol. The fourth-order valence-electron chi connectivity index (χ4n) is 6.31. The van der Waals surface area contributed by atoms with Crippen molar-refractivity contribution in [2.45, 2.75) is 23.2 Å². The summed E-state index contributed by atoms with van der Waals surface area (Å²) in [5, 5.41) is 14.9. The van der Waals surface area contributed by atoms with Crippen LogP contribution in [0.3, 0.4) is 0 Å². The third kappa shape index (κ3) is 3.25. The van der Waals surface area contributed by atoms with Crippen LogP contribution >= 0.6 is 0 Å². The maximum atomic E-state index is 13.5. The Hall–Kier alpha value is -3.75. The fourth-order valence-corrected chi connectivity index (χ4v) is 6.31. The molecule has 194 valence electrons. The summed E-state index contributed by atoms with van der Waals surface area (Å²) in [5.74, 6) is 0.197. The SMILES string of the molecule is CNC(=O)C1C(O)C2(OC)c3c(OC)cc(OC)cc3OC2(c2ccc(OC)cc2)C1c1ccccc1. The molecule has 3 aromatic rings. The Morgan fingerprint density at radius 3 is 2.16 bits per heavy atom. The molecule has 5 rings (SSSR count). The number of carbonyl (C=O) groups excluding carboxylic acids is 1. The average molecular weight is 506 g/mol. The van der Waals surface area contributed by atoms with Gasteiger partial charge in [0, 0.05) is 32.2 Å². The molecule has 2 N–H and O–H groups in total. The van der Waals surface area contributed by atoms with E-state index in [1.807, 2.05) is 54.6 Å². The molecule has 1 fully saturated rings. The van der Waals surface area contributed by atoms with E-state index < -0.39 is 29.1 Å². The van der Waals surface area contributed by atoms with E-state index in [2.05, 4.69) is 5.32 Å². The van der Waals surface area contributed by atoms with E-state index in [0.717, 1.165) is 5.56 Å². The van der Waals surface area contributed by atoms with E-state index in [1.165, 1.54) is 14.2 Å². The van der Waals surface area contributed by atoms with Gasteiger partial charge in [-0.25, -0.2) is 0 Å². The zero-order valence-corrected chi connectivity index (χ0v) is 21.5. The van der Waals surface area contributed by atoms with Crippen LogP contribution in [0, 0.1) is 5.92 Å². The van der Waals surface area contributed by atoms with Crippen molar-refractivity contribution in [1.29, 1.82) is 0 Å². The van der Waals surface area contributed by atoms with E-state index in [9.17, 15) is 9.90 Å². The molecule has 1 aliphatic heterocycles. The van der Waals surface area contributed by atoms with E-state index in [0.29, 0.717) is 34.1 Å². The minimum atomic E-state index is -1.51. The molecular formula is C29H31NO7. The standard InChI is InChI=1S/C29H31NO7/c1-30-27(32)23-24(17-9-7-6-8-10-17)28(18-11-13-19(33-2)14-12-18)29(36-5,26(23)31)25-21(35-4)15-20(34-3)16-22(25)37-28/h6-16,23-24,26,31H,1-5H3,(H,30,32). The highest BCUT2D eigenvalue weighted by Gasteiger charge is 2.79. The Morgan fingerprint density at radius 2 is 1.59 bits per heavy atom. The van der Waals surface area contributed by atoms with Crippen LogP contribution in [0.15, 0.2) is 66.7 Å². The Bertz CT molecular complexity index is 1300. The van der Waals surface area contributed by atoms with E-state index in [1.54, 1.807) is 33.4 Å². The van der Waals surface area contributed by atoms with Gasteiger partial charge in [0.15, 0.2) is 11.2 Å². The maximum absolute atomic E-state index is 13.5. The number of aliphatic hydroxyl groups excluding tert-OH is 1. The number of methoxy groups -OCH3 is 4. The molecule has 2 aliphatic rings. The molecule has 0 radical (unpaired) electrons. The summed E-state index contributed by atoms with van der Waals surface area (Å²) in [6.07, 6.45) is -1.30. The number of fused-ring (bicyclic) bond motifs is 3. The molecule has 1 amide bonds. The normalized spacial score (nSPS) is 27.6. The van der Waals surface area contributed by atoms with Crippen LogP contribution in [0.1, 0.15) is 22.6 Å². The van der Waals surface area contributed by atoms with Gasteiger partial charge in [0.05, 0.1) is 32.8 Å².